The van der Waals surface area contributed by atoms with Gasteiger partial charge < -0.3 is 4.42 Å². The highest BCUT2D eigenvalue weighted by Crippen LogP contribution is 2.34. The van der Waals surface area contributed by atoms with E-state index in [1.54, 1.807) is 0 Å². The van der Waals surface area contributed by atoms with Crippen LogP contribution < -0.4 is 11.3 Å². The van der Waals surface area contributed by atoms with Gasteiger partial charge in [0.1, 0.15) is 11.3 Å². The summed E-state index contributed by atoms with van der Waals surface area (Å²) in [5, 5.41) is 1.10. The predicted molar refractivity (Wildman–Crippen MR) is 89.8 cm³/mol. The van der Waals surface area contributed by atoms with Crippen LogP contribution in [-0.4, -0.2) is 0 Å². The number of rotatable bonds is 3. The van der Waals surface area contributed by atoms with Gasteiger partial charge in [0.15, 0.2) is 0 Å². The molecule has 21 heavy (non-hydrogen) atoms. The Morgan fingerprint density at radius 2 is 2.05 bits per heavy atom. The average molecular weight is 349 g/mol. The number of nitrogens with two attached hydrogens (primary N) is 1. The number of furan rings is 1. The van der Waals surface area contributed by atoms with E-state index >= 15 is 0 Å². The highest BCUT2D eigenvalue weighted by molar-refractivity contribution is 9.10. The fourth-order valence-electron chi connectivity index (χ4n) is 3.04. The molecular formula is C17H21BrN2O. The number of halogens is 1. The van der Waals surface area contributed by atoms with Crippen LogP contribution in [0.4, 0.5) is 0 Å². The van der Waals surface area contributed by atoms with Gasteiger partial charge in [-0.3, -0.25) is 5.84 Å². The van der Waals surface area contributed by atoms with Crippen molar-refractivity contribution < 1.29 is 4.42 Å². The maximum Gasteiger partial charge on any atom is 0.148 e. The van der Waals surface area contributed by atoms with E-state index in [-0.39, 0.29) is 6.04 Å². The zero-order valence-corrected chi connectivity index (χ0v) is 13.7. The molecule has 1 atom stereocenters. The summed E-state index contributed by atoms with van der Waals surface area (Å²) in [5.41, 5.74) is 5.18. The smallest absolute Gasteiger partial charge is 0.148 e. The molecule has 0 spiro atoms. The van der Waals surface area contributed by atoms with Gasteiger partial charge in [-0.2, -0.15) is 0 Å². The number of hydrazine groups is 1. The van der Waals surface area contributed by atoms with Crippen molar-refractivity contribution in [2.24, 2.45) is 5.84 Å². The van der Waals surface area contributed by atoms with Crippen molar-refractivity contribution in [3.05, 3.63) is 46.1 Å². The summed E-state index contributed by atoms with van der Waals surface area (Å²) < 4.78 is 7.03. The van der Waals surface area contributed by atoms with Gasteiger partial charge in [-0.05, 0) is 59.3 Å². The molecule has 1 aliphatic rings. The molecule has 1 aromatic carbocycles. The largest absolute Gasteiger partial charge is 0.458 e. The lowest BCUT2D eigenvalue weighted by molar-refractivity contribution is 0.456. The summed E-state index contributed by atoms with van der Waals surface area (Å²) >= 11 is 3.54. The summed E-state index contributed by atoms with van der Waals surface area (Å²) in [4.78, 5) is 0. The number of allylic oxidation sites excluding steroid dienone is 1. The molecule has 1 aromatic heterocycles. The van der Waals surface area contributed by atoms with E-state index in [4.69, 9.17) is 10.3 Å². The van der Waals surface area contributed by atoms with Crippen molar-refractivity contribution in [1.82, 2.24) is 5.43 Å². The van der Waals surface area contributed by atoms with Gasteiger partial charge in [0.25, 0.3) is 0 Å². The van der Waals surface area contributed by atoms with Crippen molar-refractivity contribution in [2.45, 2.75) is 44.6 Å². The standard InChI is InChI=1S/C17H21BrN2O/c18-14-10-6-9-13-11-15(21-17(13)14)16(20-19)12-7-4-2-1-3-5-8-12/h6-7,9-11,16,20H,1-5,8,19H2/b12-7+. The van der Waals surface area contributed by atoms with Crippen LogP contribution in [0.5, 0.6) is 0 Å². The maximum atomic E-state index is 6.05. The van der Waals surface area contributed by atoms with E-state index in [9.17, 15) is 0 Å². The predicted octanol–water partition coefficient (Wildman–Crippen LogP) is 4.98. The maximum absolute atomic E-state index is 6.05. The normalized spacial score (nSPS) is 20.6. The van der Waals surface area contributed by atoms with Gasteiger partial charge in [-0.25, -0.2) is 5.43 Å². The number of hydrogen-bond donors (Lipinski definition) is 2. The van der Waals surface area contributed by atoms with E-state index in [0.717, 1.165) is 34.0 Å². The first-order valence-electron chi connectivity index (χ1n) is 7.62. The highest BCUT2D eigenvalue weighted by Gasteiger charge is 2.20. The first kappa shape index (κ1) is 14.8. The minimum atomic E-state index is -0.0256. The lowest BCUT2D eigenvalue weighted by Crippen LogP contribution is -2.29. The van der Waals surface area contributed by atoms with Gasteiger partial charge in [0.2, 0.25) is 0 Å². The van der Waals surface area contributed by atoms with Crippen LogP contribution in [0.2, 0.25) is 0 Å². The molecule has 0 radical (unpaired) electrons. The fourth-order valence-corrected chi connectivity index (χ4v) is 3.50. The molecule has 0 bridgehead atoms. The van der Waals surface area contributed by atoms with E-state index in [2.05, 4.69) is 39.6 Å². The second kappa shape index (κ2) is 6.77. The molecule has 112 valence electrons. The van der Waals surface area contributed by atoms with Gasteiger partial charge in [-0.15, -0.1) is 0 Å². The lowest BCUT2D eigenvalue weighted by atomic mass is 9.94. The van der Waals surface area contributed by atoms with Crippen LogP contribution in [-0.2, 0) is 0 Å². The molecule has 1 aliphatic carbocycles. The molecule has 0 aliphatic heterocycles. The minimum Gasteiger partial charge on any atom is -0.458 e. The summed E-state index contributed by atoms with van der Waals surface area (Å²) in [6.45, 7) is 0. The first-order chi connectivity index (χ1) is 10.3. The Morgan fingerprint density at radius 1 is 1.19 bits per heavy atom. The number of benzene rings is 1. The van der Waals surface area contributed by atoms with Crippen LogP contribution in [0.15, 0.2) is 44.8 Å². The van der Waals surface area contributed by atoms with Crippen LogP contribution in [0.1, 0.15) is 50.3 Å². The molecule has 0 amide bonds. The van der Waals surface area contributed by atoms with E-state index in [1.165, 1.54) is 31.3 Å². The molecule has 4 heteroatoms. The topological polar surface area (TPSA) is 51.2 Å². The second-order valence-electron chi connectivity index (χ2n) is 5.64. The van der Waals surface area contributed by atoms with Crippen LogP contribution in [0.3, 0.4) is 0 Å². The summed E-state index contributed by atoms with van der Waals surface area (Å²) in [6.07, 6.45) is 9.71. The summed E-state index contributed by atoms with van der Waals surface area (Å²) in [5.74, 6) is 6.72. The third kappa shape index (κ3) is 3.23. The Kier molecular flexibility index (Phi) is 4.78. The van der Waals surface area contributed by atoms with Gasteiger partial charge in [0, 0.05) is 5.39 Å². The van der Waals surface area contributed by atoms with Crippen molar-refractivity contribution in [2.75, 3.05) is 0 Å². The molecule has 3 rings (SSSR count). The van der Waals surface area contributed by atoms with Crippen LogP contribution in [0.25, 0.3) is 11.0 Å². The molecule has 1 unspecified atom stereocenters. The number of hydrogen-bond acceptors (Lipinski definition) is 3. The Balaban J connectivity index is 1.95. The van der Waals surface area contributed by atoms with E-state index in [0.29, 0.717) is 0 Å². The van der Waals surface area contributed by atoms with Crippen molar-refractivity contribution in [3.63, 3.8) is 0 Å². The third-order valence-corrected chi connectivity index (χ3v) is 4.79. The molecule has 0 fully saturated rings. The number of nitrogens with one attached hydrogen (secondary N) is 1. The summed E-state index contributed by atoms with van der Waals surface area (Å²) in [7, 11) is 0. The third-order valence-electron chi connectivity index (χ3n) is 4.16. The SMILES string of the molecule is NNC(/C1=C/CCCCCC1)c1cc2cccc(Br)c2o1. The minimum absolute atomic E-state index is 0.0256. The van der Waals surface area contributed by atoms with Crippen molar-refractivity contribution in [3.8, 4) is 0 Å². The van der Waals surface area contributed by atoms with Crippen molar-refractivity contribution >= 4 is 26.9 Å². The molecule has 1 heterocycles. The monoisotopic (exact) mass is 348 g/mol. The Bertz CT molecular complexity index is 647. The van der Waals surface area contributed by atoms with E-state index in [1.807, 2.05) is 12.1 Å². The fraction of sp³-hybridized carbons (Fsp3) is 0.412. The molecule has 0 saturated carbocycles. The lowest BCUT2D eigenvalue weighted by Gasteiger charge is -2.19. The van der Waals surface area contributed by atoms with Gasteiger partial charge in [-0.1, -0.05) is 31.1 Å². The quantitative estimate of drug-likeness (QED) is 0.467. The van der Waals surface area contributed by atoms with Crippen LogP contribution in [0, 0.1) is 0 Å². The molecular weight excluding hydrogens is 328 g/mol. The first-order valence-corrected chi connectivity index (χ1v) is 8.42. The van der Waals surface area contributed by atoms with Crippen LogP contribution >= 0.6 is 15.9 Å². The molecule has 0 saturated heterocycles. The van der Waals surface area contributed by atoms with E-state index < -0.39 is 0 Å². The molecule has 3 N–H and O–H groups in total. The highest BCUT2D eigenvalue weighted by atomic mass is 79.9. The average Bonchev–Trinajstić information content (AvgIpc) is 2.87. The second-order valence-corrected chi connectivity index (χ2v) is 6.49. The zero-order valence-electron chi connectivity index (χ0n) is 12.1. The zero-order chi connectivity index (χ0) is 14.7. The Labute approximate surface area is 133 Å². The van der Waals surface area contributed by atoms with Crippen molar-refractivity contribution in [1.29, 1.82) is 0 Å². The number of para-hydroxylation sites is 1. The van der Waals surface area contributed by atoms with Gasteiger partial charge in [0.05, 0.1) is 10.5 Å². The van der Waals surface area contributed by atoms with Gasteiger partial charge >= 0.3 is 0 Å². The Morgan fingerprint density at radius 3 is 2.86 bits per heavy atom. The molecule has 3 nitrogen and oxygen atoms in total. The molecule has 2 aromatic rings. The number of fused-ring (bicyclic) bond motifs is 1. The summed E-state index contributed by atoms with van der Waals surface area (Å²) in [6, 6.07) is 8.14. The Hall–Kier alpha value is -1.10.